The molecule has 0 bridgehead atoms. The second-order valence-electron chi connectivity index (χ2n) is 3.67. The van der Waals surface area contributed by atoms with Crippen LogP contribution in [0, 0.1) is 0 Å². The van der Waals surface area contributed by atoms with Gasteiger partial charge in [-0.25, -0.2) is 0 Å². The van der Waals surface area contributed by atoms with Gasteiger partial charge in [0.25, 0.3) is 0 Å². The molecule has 84 valence electrons. The van der Waals surface area contributed by atoms with Gasteiger partial charge < -0.3 is 10.6 Å². The fourth-order valence-corrected chi connectivity index (χ4v) is 1.87. The molecule has 1 saturated heterocycles. The van der Waals surface area contributed by atoms with E-state index in [1.54, 1.807) is 0 Å². The average molecular weight is 283 g/mol. The summed E-state index contributed by atoms with van der Waals surface area (Å²) >= 11 is 3.34. The molecule has 2 amide bonds. The van der Waals surface area contributed by atoms with Crippen molar-refractivity contribution in [2.24, 2.45) is 0 Å². The molecule has 1 aromatic carbocycles. The van der Waals surface area contributed by atoms with E-state index in [1.165, 1.54) is 0 Å². The van der Waals surface area contributed by atoms with Gasteiger partial charge in [0.05, 0.1) is 6.54 Å². The number of hydrogen-bond acceptors (Lipinski definition) is 2. The minimum atomic E-state index is -0.456. The van der Waals surface area contributed by atoms with Crippen LogP contribution < -0.4 is 10.6 Å². The zero-order valence-corrected chi connectivity index (χ0v) is 10.1. The number of carbonyl (C=O) groups excluding carboxylic acids is 2. The Kier molecular flexibility index (Phi) is 3.24. The SMILES string of the molecule is O=C1CNC(=O)C(Cc2ccc(Br)cc2)N1. The van der Waals surface area contributed by atoms with Crippen molar-refractivity contribution in [2.75, 3.05) is 6.54 Å². The Bertz CT molecular complexity index is 416. The molecule has 5 heteroatoms. The Morgan fingerprint density at radius 2 is 1.94 bits per heavy atom. The normalized spacial score (nSPS) is 20.2. The molecule has 4 nitrogen and oxygen atoms in total. The van der Waals surface area contributed by atoms with Crippen LogP contribution in [0.3, 0.4) is 0 Å². The summed E-state index contributed by atoms with van der Waals surface area (Å²) in [6, 6.07) is 7.23. The standard InChI is InChI=1S/C11H11BrN2O2/c12-8-3-1-7(2-4-8)5-9-11(16)13-6-10(15)14-9/h1-4,9H,5-6H2,(H,13,16)(H,14,15). The van der Waals surface area contributed by atoms with Crippen LogP contribution in [0.25, 0.3) is 0 Å². The molecule has 16 heavy (non-hydrogen) atoms. The summed E-state index contributed by atoms with van der Waals surface area (Å²) < 4.78 is 0.994. The van der Waals surface area contributed by atoms with Crippen molar-refractivity contribution in [3.05, 3.63) is 34.3 Å². The van der Waals surface area contributed by atoms with Gasteiger partial charge in [-0.2, -0.15) is 0 Å². The highest BCUT2D eigenvalue weighted by molar-refractivity contribution is 9.10. The number of carbonyl (C=O) groups is 2. The third-order valence-electron chi connectivity index (χ3n) is 2.43. The van der Waals surface area contributed by atoms with E-state index >= 15 is 0 Å². The topological polar surface area (TPSA) is 58.2 Å². The number of amides is 2. The second kappa shape index (κ2) is 4.65. The summed E-state index contributed by atoms with van der Waals surface area (Å²) in [6.45, 7) is 0.0790. The average Bonchev–Trinajstić information content (AvgIpc) is 2.27. The Morgan fingerprint density at radius 3 is 2.62 bits per heavy atom. The zero-order chi connectivity index (χ0) is 11.5. The van der Waals surface area contributed by atoms with E-state index in [1.807, 2.05) is 24.3 Å². The van der Waals surface area contributed by atoms with Gasteiger partial charge >= 0.3 is 0 Å². The Morgan fingerprint density at radius 1 is 1.25 bits per heavy atom. The Hall–Kier alpha value is -1.36. The van der Waals surface area contributed by atoms with Gasteiger partial charge in [-0.1, -0.05) is 28.1 Å². The molecular formula is C11H11BrN2O2. The minimum absolute atomic E-state index is 0.0790. The van der Waals surface area contributed by atoms with Crippen LogP contribution >= 0.6 is 15.9 Å². The summed E-state index contributed by atoms with van der Waals surface area (Å²) in [7, 11) is 0. The van der Waals surface area contributed by atoms with Crippen molar-refractivity contribution in [1.82, 2.24) is 10.6 Å². The first kappa shape index (κ1) is 11.1. The molecule has 0 aromatic heterocycles. The fraction of sp³-hybridized carbons (Fsp3) is 0.273. The molecule has 1 aliphatic rings. The molecule has 2 rings (SSSR count). The van der Waals surface area contributed by atoms with Crippen molar-refractivity contribution in [2.45, 2.75) is 12.5 Å². The van der Waals surface area contributed by atoms with E-state index < -0.39 is 6.04 Å². The molecule has 1 atom stereocenters. The van der Waals surface area contributed by atoms with E-state index in [-0.39, 0.29) is 18.4 Å². The van der Waals surface area contributed by atoms with Crippen molar-refractivity contribution >= 4 is 27.7 Å². The molecule has 0 aliphatic carbocycles. The van der Waals surface area contributed by atoms with E-state index in [9.17, 15) is 9.59 Å². The van der Waals surface area contributed by atoms with Gasteiger partial charge in [0, 0.05) is 10.9 Å². The van der Waals surface area contributed by atoms with Crippen LogP contribution in [-0.4, -0.2) is 24.4 Å². The largest absolute Gasteiger partial charge is 0.345 e. The lowest BCUT2D eigenvalue weighted by atomic mass is 10.0. The number of rotatable bonds is 2. The minimum Gasteiger partial charge on any atom is -0.345 e. The fourth-order valence-electron chi connectivity index (χ4n) is 1.60. The number of piperazine rings is 1. The van der Waals surface area contributed by atoms with E-state index in [0.29, 0.717) is 6.42 Å². The van der Waals surface area contributed by atoms with Gasteiger partial charge in [0.1, 0.15) is 6.04 Å². The van der Waals surface area contributed by atoms with Crippen molar-refractivity contribution < 1.29 is 9.59 Å². The van der Waals surface area contributed by atoms with Crippen LogP contribution in [-0.2, 0) is 16.0 Å². The predicted octanol–water partition coefficient (Wildman–Crippen LogP) is 0.606. The number of halogens is 1. The first-order valence-corrected chi connectivity index (χ1v) is 5.76. The van der Waals surface area contributed by atoms with E-state index in [4.69, 9.17) is 0 Å². The monoisotopic (exact) mass is 282 g/mol. The molecule has 0 radical (unpaired) electrons. The zero-order valence-electron chi connectivity index (χ0n) is 8.50. The summed E-state index contributed by atoms with van der Waals surface area (Å²) in [5.74, 6) is -0.260. The molecule has 1 aliphatic heterocycles. The summed E-state index contributed by atoms with van der Waals surface area (Å²) in [6.07, 6.45) is 0.519. The Labute approximate surface area is 102 Å². The molecule has 1 unspecified atom stereocenters. The van der Waals surface area contributed by atoms with Gasteiger partial charge in [-0.15, -0.1) is 0 Å². The molecule has 0 spiro atoms. The maximum Gasteiger partial charge on any atom is 0.243 e. The van der Waals surface area contributed by atoms with Crippen molar-refractivity contribution in [3.63, 3.8) is 0 Å². The molecule has 1 aromatic rings. The van der Waals surface area contributed by atoms with E-state index in [0.717, 1.165) is 10.0 Å². The quantitative estimate of drug-likeness (QED) is 0.835. The smallest absolute Gasteiger partial charge is 0.243 e. The van der Waals surface area contributed by atoms with E-state index in [2.05, 4.69) is 26.6 Å². The van der Waals surface area contributed by atoms with Crippen LogP contribution in [0.2, 0.25) is 0 Å². The molecule has 2 N–H and O–H groups in total. The highest BCUT2D eigenvalue weighted by atomic mass is 79.9. The van der Waals surface area contributed by atoms with Gasteiger partial charge in [0.15, 0.2) is 0 Å². The maximum absolute atomic E-state index is 11.5. The van der Waals surface area contributed by atoms with Gasteiger partial charge in [-0.05, 0) is 17.7 Å². The molecular weight excluding hydrogens is 272 g/mol. The lowest BCUT2D eigenvalue weighted by Gasteiger charge is -2.23. The van der Waals surface area contributed by atoms with Gasteiger partial charge in [0.2, 0.25) is 11.8 Å². The lowest BCUT2D eigenvalue weighted by Crippen LogP contribution is -2.56. The van der Waals surface area contributed by atoms with Crippen LogP contribution in [0.15, 0.2) is 28.7 Å². The van der Waals surface area contributed by atoms with Crippen LogP contribution in [0.4, 0.5) is 0 Å². The van der Waals surface area contributed by atoms with Crippen molar-refractivity contribution in [1.29, 1.82) is 0 Å². The van der Waals surface area contributed by atoms with Crippen molar-refractivity contribution in [3.8, 4) is 0 Å². The number of nitrogens with one attached hydrogen (secondary N) is 2. The van der Waals surface area contributed by atoms with Gasteiger partial charge in [-0.3, -0.25) is 9.59 Å². The molecule has 1 fully saturated rings. The predicted molar refractivity (Wildman–Crippen MR) is 62.8 cm³/mol. The third kappa shape index (κ3) is 2.61. The highest BCUT2D eigenvalue weighted by Gasteiger charge is 2.25. The lowest BCUT2D eigenvalue weighted by molar-refractivity contribution is -0.133. The van der Waals surface area contributed by atoms with Crippen LogP contribution in [0.5, 0.6) is 0 Å². The maximum atomic E-state index is 11.5. The highest BCUT2D eigenvalue weighted by Crippen LogP contribution is 2.12. The van der Waals surface area contributed by atoms with Crippen LogP contribution in [0.1, 0.15) is 5.56 Å². The first-order valence-electron chi connectivity index (χ1n) is 4.96. The molecule has 0 saturated carbocycles. The third-order valence-corrected chi connectivity index (χ3v) is 2.96. The summed E-state index contributed by atoms with van der Waals surface area (Å²) in [5, 5.41) is 5.22. The Balaban J connectivity index is 2.05. The summed E-state index contributed by atoms with van der Waals surface area (Å²) in [5.41, 5.74) is 1.02. The molecule has 1 heterocycles. The number of hydrogen-bond donors (Lipinski definition) is 2. The first-order chi connectivity index (χ1) is 7.65. The second-order valence-corrected chi connectivity index (χ2v) is 4.58. The summed E-state index contributed by atoms with van der Waals surface area (Å²) in [4.78, 5) is 22.6. The number of benzene rings is 1.